The molecular weight excluding hydrogens is 456 g/mol. The number of nitrogens with one attached hydrogen (secondary N) is 1. The Labute approximate surface area is 209 Å². The van der Waals surface area contributed by atoms with E-state index in [4.69, 9.17) is 0 Å². The number of amides is 1. The lowest BCUT2D eigenvalue weighted by Crippen LogP contribution is -2.38. The van der Waals surface area contributed by atoms with Crippen LogP contribution in [0, 0.1) is 18.8 Å². The predicted molar refractivity (Wildman–Crippen MR) is 139 cm³/mol. The third-order valence-corrected chi connectivity index (χ3v) is 8.68. The van der Waals surface area contributed by atoms with Crippen LogP contribution in [0.4, 0.5) is 0 Å². The van der Waals surface area contributed by atoms with Crippen LogP contribution in [0.3, 0.4) is 0 Å². The van der Waals surface area contributed by atoms with Crippen molar-refractivity contribution in [3.8, 4) is 0 Å². The first-order chi connectivity index (χ1) is 16.9. The number of carbonyl (C=O) groups is 1. The van der Waals surface area contributed by atoms with Crippen molar-refractivity contribution in [3.63, 3.8) is 0 Å². The van der Waals surface area contributed by atoms with Gasteiger partial charge in [0.25, 0.3) is 0 Å². The number of rotatable bonds is 9. The van der Waals surface area contributed by atoms with E-state index in [-0.39, 0.29) is 17.7 Å². The molecule has 0 saturated heterocycles. The van der Waals surface area contributed by atoms with E-state index in [0.29, 0.717) is 24.5 Å². The van der Waals surface area contributed by atoms with Crippen LogP contribution in [0.25, 0.3) is 0 Å². The Hall–Kier alpha value is -2.96. The second kappa shape index (κ2) is 11.6. The van der Waals surface area contributed by atoms with E-state index in [0.717, 1.165) is 36.8 Å². The minimum Gasteiger partial charge on any atom is -0.352 e. The Balaban J connectivity index is 1.37. The van der Waals surface area contributed by atoms with Gasteiger partial charge >= 0.3 is 0 Å². The summed E-state index contributed by atoms with van der Waals surface area (Å²) in [7, 11) is -3.62. The topological polar surface area (TPSA) is 66.5 Å². The molecule has 1 amide bonds. The maximum absolute atomic E-state index is 13.5. The highest BCUT2D eigenvalue weighted by molar-refractivity contribution is 7.89. The zero-order valence-electron chi connectivity index (χ0n) is 20.3. The quantitative estimate of drug-likeness (QED) is 0.442. The molecule has 6 heteroatoms. The first-order valence-electron chi connectivity index (χ1n) is 12.3. The molecule has 3 aromatic rings. The fourth-order valence-corrected chi connectivity index (χ4v) is 6.24. The highest BCUT2D eigenvalue weighted by Crippen LogP contribution is 2.31. The van der Waals surface area contributed by atoms with Crippen molar-refractivity contribution < 1.29 is 13.2 Å². The van der Waals surface area contributed by atoms with Gasteiger partial charge in [-0.15, -0.1) is 0 Å². The Morgan fingerprint density at radius 2 is 1.43 bits per heavy atom. The van der Waals surface area contributed by atoms with Gasteiger partial charge in [0.2, 0.25) is 15.9 Å². The lowest BCUT2D eigenvalue weighted by atomic mass is 9.81. The van der Waals surface area contributed by atoms with Crippen LogP contribution in [0.2, 0.25) is 0 Å². The van der Waals surface area contributed by atoms with Gasteiger partial charge in [0.05, 0.1) is 4.90 Å². The molecule has 1 saturated carbocycles. The van der Waals surface area contributed by atoms with Crippen molar-refractivity contribution in [1.29, 1.82) is 0 Å². The highest BCUT2D eigenvalue weighted by atomic mass is 32.2. The van der Waals surface area contributed by atoms with Crippen LogP contribution in [0.1, 0.15) is 42.4 Å². The van der Waals surface area contributed by atoms with E-state index in [1.54, 1.807) is 28.6 Å². The number of hydrogen-bond acceptors (Lipinski definition) is 3. The van der Waals surface area contributed by atoms with E-state index in [9.17, 15) is 13.2 Å². The first kappa shape index (κ1) is 25.1. The normalized spacial score (nSPS) is 18.3. The fourth-order valence-electron chi connectivity index (χ4n) is 4.71. The predicted octanol–water partition coefficient (Wildman–Crippen LogP) is 5.31. The maximum Gasteiger partial charge on any atom is 0.243 e. The molecule has 4 rings (SSSR count). The largest absolute Gasteiger partial charge is 0.352 e. The summed E-state index contributed by atoms with van der Waals surface area (Å²) in [4.78, 5) is 13.1. The van der Waals surface area contributed by atoms with Crippen LogP contribution < -0.4 is 5.32 Å². The molecule has 0 atom stereocenters. The van der Waals surface area contributed by atoms with Crippen LogP contribution in [-0.2, 0) is 27.9 Å². The van der Waals surface area contributed by atoms with E-state index in [1.807, 2.05) is 55.5 Å². The molecule has 1 N–H and O–H groups in total. The molecule has 0 bridgehead atoms. The summed E-state index contributed by atoms with van der Waals surface area (Å²) < 4.78 is 28.6. The van der Waals surface area contributed by atoms with Gasteiger partial charge in [0, 0.05) is 25.6 Å². The second-order valence-electron chi connectivity index (χ2n) is 9.52. The van der Waals surface area contributed by atoms with Crippen LogP contribution >= 0.6 is 0 Å². The zero-order valence-corrected chi connectivity index (χ0v) is 21.1. The highest BCUT2D eigenvalue weighted by Gasteiger charge is 2.31. The number of sulfonamides is 1. The standard InChI is InChI=1S/C29H34N2O3S/c1-23-12-14-24(15-13-23)20-30-29(32)27-18-16-26(17-19-27)22-31(21-25-8-4-2-5-9-25)35(33,34)28-10-6-3-7-11-28/h2-15,26-27H,16-22H2,1H3,(H,30,32). The molecule has 1 fully saturated rings. The minimum absolute atomic E-state index is 0.00926. The maximum atomic E-state index is 13.5. The number of aryl methyl sites for hydroxylation is 1. The monoisotopic (exact) mass is 490 g/mol. The average molecular weight is 491 g/mol. The third-order valence-electron chi connectivity index (χ3n) is 6.85. The Morgan fingerprint density at radius 1 is 0.829 bits per heavy atom. The van der Waals surface area contributed by atoms with Gasteiger partial charge in [-0.2, -0.15) is 4.31 Å². The van der Waals surface area contributed by atoms with E-state index < -0.39 is 10.0 Å². The number of carbonyl (C=O) groups excluding carboxylic acids is 1. The van der Waals surface area contributed by atoms with Gasteiger partial charge in [-0.05, 0) is 61.8 Å². The zero-order chi connectivity index (χ0) is 24.7. The van der Waals surface area contributed by atoms with Crippen molar-refractivity contribution in [2.24, 2.45) is 11.8 Å². The molecule has 0 aliphatic heterocycles. The third kappa shape index (κ3) is 6.80. The Kier molecular flexibility index (Phi) is 8.37. The Morgan fingerprint density at radius 3 is 2.06 bits per heavy atom. The molecule has 184 valence electrons. The number of benzene rings is 3. The molecule has 1 aliphatic rings. The van der Waals surface area contributed by atoms with Crippen LogP contribution in [0.15, 0.2) is 89.8 Å². The van der Waals surface area contributed by atoms with Gasteiger partial charge in [-0.1, -0.05) is 78.4 Å². The molecule has 0 radical (unpaired) electrons. The summed E-state index contributed by atoms with van der Waals surface area (Å²) in [6.07, 6.45) is 3.26. The van der Waals surface area contributed by atoms with E-state index >= 15 is 0 Å². The average Bonchev–Trinajstić information content (AvgIpc) is 2.89. The lowest BCUT2D eigenvalue weighted by Gasteiger charge is -2.32. The van der Waals surface area contributed by atoms with Gasteiger partial charge in [-0.3, -0.25) is 4.79 Å². The molecular formula is C29H34N2O3S. The van der Waals surface area contributed by atoms with Crippen molar-refractivity contribution >= 4 is 15.9 Å². The van der Waals surface area contributed by atoms with Crippen LogP contribution in [0.5, 0.6) is 0 Å². The van der Waals surface area contributed by atoms with Crippen LogP contribution in [-0.4, -0.2) is 25.2 Å². The van der Waals surface area contributed by atoms with E-state index in [1.165, 1.54) is 5.56 Å². The van der Waals surface area contributed by atoms with Gasteiger partial charge < -0.3 is 5.32 Å². The molecule has 0 aromatic heterocycles. The molecule has 0 heterocycles. The molecule has 1 aliphatic carbocycles. The molecule has 0 unspecified atom stereocenters. The number of hydrogen-bond donors (Lipinski definition) is 1. The number of nitrogens with zero attached hydrogens (tertiary/aromatic N) is 1. The molecule has 5 nitrogen and oxygen atoms in total. The smallest absolute Gasteiger partial charge is 0.243 e. The summed E-state index contributed by atoms with van der Waals surface area (Å²) in [6.45, 7) is 3.39. The fraction of sp³-hybridized carbons (Fsp3) is 0.345. The lowest BCUT2D eigenvalue weighted by molar-refractivity contribution is -0.126. The van der Waals surface area contributed by atoms with Gasteiger partial charge in [-0.25, -0.2) is 8.42 Å². The summed E-state index contributed by atoms with van der Waals surface area (Å²) >= 11 is 0. The SMILES string of the molecule is Cc1ccc(CNC(=O)C2CCC(CN(Cc3ccccc3)S(=O)(=O)c3ccccc3)CC2)cc1. The minimum atomic E-state index is -3.62. The van der Waals surface area contributed by atoms with Gasteiger partial charge in [0.15, 0.2) is 0 Å². The summed E-state index contributed by atoms with van der Waals surface area (Å²) in [5.74, 6) is 0.324. The molecule has 35 heavy (non-hydrogen) atoms. The Bertz CT molecular complexity index is 1190. The second-order valence-corrected chi connectivity index (χ2v) is 11.5. The molecule has 0 spiro atoms. The summed E-state index contributed by atoms with van der Waals surface area (Å²) in [5.41, 5.74) is 3.27. The molecule has 3 aromatic carbocycles. The van der Waals surface area contributed by atoms with Crippen molar-refractivity contribution in [2.75, 3.05) is 6.54 Å². The van der Waals surface area contributed by atoms with Crippen molar-refractivity contribution in [3.05, 3.63) is 102 Å². The van der Waals surface area contributed by atoms with Gasteiger partial charge in [0.1, 0.15) is 0 Å². The van der Waals surface area contributed by atoms with E-state index in [2.05, 4.69) is 17.4 Å². The summed E-state index contributed by atoms with van der Waals surface area (Å²) in [5, 5.41) is 3.08. The first-order valence-corrected chi connectivity index (χ1v) is 13.8. The van der Waals surface area contributed by atoms with Crippen molar-refractivity contribution in [1.82, 2.24) is 9.62 Å². The summed E-state index contributed by atoms with van der Waals surface area (Å²) in [6, 6.07) is 26.6. The van der Waals surface area contributed by atoms with Crippen molar-refractivity contribution in [2.45, 2.75) is 50.6 Å².